The van der Waals surface area contributed by atoms with E-state index in [1.807, 2.05) is 18.2 Å². The van der Waals surface area contributed by atoms with Gasteiger partial charge in [0.05, 0.1) is 0 Å². The molecule has 1 aromatic carbocycles. The molecule has 0 aliphatic rings. The molecule has 0 spiro atoms. The molecule has 0 amide bonds. The maximum absolute atomic E-state index is 12.8. The summed E-state index contributed by atoms with van der Waals surface area (Å²) in [5.41, 5.74) is 4.61. The van der Waals surface area contributed by atoms with Crippen LogP contribution >= 0.6 is 0 Å². The quantitative estimate of drug-likeness (QED) is 0.497. The molecule has 0 radical (unpaired) electrons. The first kappa shape index (κ1) is 21.0. The van der Waals surface area contributed by atoms with Gasteiger partial charge in [0.15, 0.2) is 11.2 Å². The normalized spacial score (nSPS) is 11.6. The molecular formula is C23H30N6O2. The van der Waals surface area contributed by atoms with Gasteiger partial charge in [-0.15, -0.1) is 0 Å². The van der Waals surface area contributed by atoms with E-state index >= 15 is 0 Å². The molecule has 3 heterocycles. The smallest absolute Gasteiger partial charge is 0.332 e. The molecule has 0 unspecified atom stereocenters. The Labute approximate surface area is 180 Å². The Hall–Kier alpha value is -3.29. The number of nitrogens with one attached hydrogen (secondary N) is 1. The van der Waals surface area contributed by atoms with E-state index in [0.717, 1.165) is 34.6 Å². The van der Waals surface area contributed by atoms with E-state index < -0.39 is 0 Å². The van der Waals surface area contributed by atoms with Crippen LogP contribution in [0, 0.1) is 13.8 Å². The Morgan fingerprint density at radius 3 is 2.39 bits per heavy atom. The largest absolute Gasteiger partial charge is 0.383 e. The summed E-state index contributed by atoms with van der Waals surface area (Å²) < 4.78 is 6.53. The van der Waals surface area contributed by atoms with Crippen molar-refractivity contribution < 1.29 is 0 Å². The van der Waals surface area contributed by atoms with E-state index in [1.54, 1.807) is 7.05 Å². The molecular weight excluding hydrogens is 392 g/mol. The van der Waals surface area contributed by atoms with Crippen LogP contribution in [-0.4, -0.2) is 29.6 Å². The highest BCUT2D eigenvalue weighted by Gasteiger charge is 2.21. The molecule has 0 bridgehead atoms. The van der Waals surface area contributed by atoms with Gasteiger partial charge in [0.1, 0.15) is 0 Å². The number of anilines is 1. The Bertz CT molecular complexity index is 1370. The van der Waals surface area contributed by atoms with E-state index in [4.69, 9.17) is 0 Å². The monoisotopic (exact) mass is 422 g/mol. The molecule has 0 fully saturated rings. The minimum absolute atomic E-state index is 0.327. The Morgan fingerprint density at radius 1 is 1.00 bits per heavy atom. The Morgan fingerprint density at radius 2 is 1.71 bits per heavy atom. The fourth-order valence-corrected chi connectivity index (χ4v) is 4.14. The molecule has 3 aromatic heterocycles. The van der Waals surface area contributed by atoms with Gasteiger partial charge in [-0.25, -0.2) is 4.79 Å². The van der Waals surface area contributed by atoms with Gasteiger partial charge in [-0.1, -0.05) is 25.5 Å². The second-order valence-electron chi connectivity index (χ2n) is 8.17. The van der Waals surface area contributed by atoms with Crippen molar-refractivity contribution in [1.29, 1.82) is 0 Å². The lowest BCUT2D eigenvalue weighted by atomic mass is 10.1. The lowest BCUT2D eigenvalue weighted by molar-refractivity contribution is 0.705. The molecule has 8 heteroatoms. The molecule has 164 valence electrons. The third-order valence-electron chi connectivity index (χ3n) is 6.18. The fraction of sp³-hybridized carbons (Fsp3) is 0.435. The van der Waals surface area contributed by atoms with Gasteiger partial charge in [-0.2, -0.15) is 4.98 Å². The van der Waals surface area contributed by atoms with Gasteiger partial charge in [-0.3, -0.25) is 18.3 Å². The molecule has 31 heavy (non-hydrogen) atoms. The van der Waals surface area contributed by atoms with Gasteiger partial charge in [0.25, 0.3) is 5.56 Å². The standard InChI is InChI=1S/C23H30N6O2/c1-6-7-8-17-9-11-18(12-10-17)24-13-14-28-15(2)16(3)29-19-20(25-22(28)29)26(4)23(31)27(5)21(19)30/h9-12,24H,6-8,13-14H2,1-5H3. The van der Waals surface area contributed by atoms with Gasteiger partial charge in [0.2, 0.25) is 5.78 Å². The minimum atomic E-state index is -0.372. The number of fused-ring (bicyclic) bond motifs is 3. The van der Waals surface area contributed by atoms with E-state index in [-0.39, 0.29) is 11.2 Å². The number of imidazole rings is 2. The van der Waals surface area contributed by atoms with Crippen molar-refractivity contribution in [2.24, 2.45) is 14.1 Å². The predicted molar refractivity (Wildman–Crippen MR) is 124 cm³/mol. The van der Waals surface area contributed by atoms with Crippen LogP contribution < -0.4 is 16.6 Å². The number of unbranched alkanes of at least 4 members (excludes halogenated alkanes) is 1. The Kier molecular flexibility index (Phi) is 5.47. The zero-order valence-electron chi connectivity index (χ0n) is 18.9. The van der Waals surface area contributed by atoms with E-state index in [0.29, 0.717) is 23.5 Å². The number of hydrogen-bond acceptors (Lipinski definition) is 4. The van der Waals surface area contributed by atoms with Crippen molar-refractivity contribution in [3.05, 3.63) is 62.1 Å². The van der Waals surface area contributed by atoms with Crippen molar-refractivity contribution in [3.8, 4) is 0 Å². The van der Waals surface area contributed by atoms with E-state index in [9.17, 15) is 9.59 Å². The molecule has 0 aliphatic carbocycles. The fourth-order valence-electron chi connectivity index (χ4n) is 4.14. The summed E-state index contributed by atoms with van der Waals surface area (Å²) >= 11 is 0. The van der Waals surface area contributed by atoms with Crippen LogP contribution in [0.3, 0.4) is 0 Å². The van der Waals surface area contributed by atoms with Crippen molar-refractivity contribution in [2.75, 3.05) is 11.9 Å². The molecule has 0 aliphatic heterocycles. The molecule has 4 rings (SSSR count). The molecule has 8 nitrogen and oxygen atoms in total. The number of aryl methyl sites for hydroxylation is 3. The maximum atomic E-state index is 12.8. The summed E-state index contributed by atoms with van der Waals surface area (Å²) in [6, 6.07) is 8.60. The minimum Gasteiger partial charge on any atom is -0.383 e. The molecule has 0 atom stereocenters. The molecule has 4 aromatic rings. The Balaban J connectivity index is 1.63. The van der Waals surface area contributed by atoms with Gasteiger partial charge in [0, 0.05) is 44.3 Å². The van der Waals surface area contributed by atoms with Crippen LogP contribution in [0.15, 0.2) is 33.9 Å². The lowest BCUT2D eigenvalue weighted by Gasteiger charge is -2.10. The number of aromatic nitrogens is 5. The van der Waals surface area contributed by atoms with Crippen LogP contribution in [0.4, 0.5) is 5.69 Å². The number of hydrogen-bond donors (Lipinski definition) is 1. The first-order valence-corrected chi connectivity index (χ1v) is 10.8. The van der Waals surface area contributed by atoms with Gasteiger partial charge in [-0.05, 0) is 44.4 Å². The van der Waals surface area contributed by atoms with Crippen molar-refractivity contribution >= 4 is 22.6 Å². The third kappa shape index (κ3) is 3.45. The molecule has 0 saturated heterocycles. The second kappa shape index (κ2) is 8.09. The van der Waals surface area contributed by atoms with E-state index in [1.165, 1.54) is 30.0 Å². The predicted octanol–water partition coefficient (Wildman–Crippen LogP) is 2.76. The summed E-state index contributed by atoms with van der Waals surface area (Å²) in [7, 11) is 3.15. The van der Waals surface area contributed by atoms with Gasteiger partial charge < -0.3 is 9.88 Å². The van der Waals surface area contributed by atoms with Crippen molar-refractivity contribution in [2.45, 2.75) is 46.6 Å². The zero-order valence-corrected chi connectivity index (χ0v) is 18.9. The van der Waals surface area contributed by atoms with Crippen LogP contribution in [0.25, 0.3) is 16.9 Å². The van der Waals surface area contributed by atoms with Crippen LogP contribution in [0.2, 0.25) is 0 Å². The van der Waals surface area contributed by atoms with Gasteiger partial charge >= 0.3 is 5.69 Å². The van der Waals surface area contributed by atoms with Crippen molar-refractivity contribution in [3.63, 3.8) is 0 Å². The summed E-state index contributed by atoms with van der Waals surface area (Å²) in [6.45, 7) is 7.63. The van der Waals surface area contributed by atoms with Crippen LogP contribution in [0.1, 0.15) is 36.7 Å². The highest BCUT2D eigenvalue weighted by Crippen LogP contribution is 2.20. The van der Waals surface area contributed by atoms with Crippen LogP contribution in [0.5, 0.6) is 0 Å². The summed E-state index contributed by atoms with van der Waals surface area (Å²) in [4.78, 5) is 29.8. The average Bonchev–Trinajstić information content (AvgIpc) is 3.27. The van der Waals surface area contributed by atoms with E-state index in [2.05, 4.69) is 46.1 Å². The molecule has 1 N–H and O–H groups in total. The average molecular weight is 423 g/mol. The first-order chi connectivity index (χ1) is 14.8. The first-order valence-electron chi connectivity index (χ1n) is 10.8. The zero-order chi connectivity index (χ0) is 22.3. The summed E-state index contributed by atoms with van der Waals surface area (Å²) in [6.07, 6.45) is 3.53. The topological polar surface area (TPSA) is 78.3 Å². The summed E-state index contributed by atoms with van der Waals surface area (Å²) in [5, 5.41) is 3.47. The van der Waals surface area contributed by atoms with Crippen molar-refractivity contribution in [1.82, 2.24) is 23.1 Å². The SMILES string of the molecule is CCCCc1ccc(NCCn2c(C)c(C)n3c4c(=O)n(C)c(=O)n(C)c4nc23)cc1. The summed E-state index contributed by atoms with van der Waals surface area (Å²) in [5.74, 6) is 0.681. The number of nitrogens with zero attached hydrogens (tertiary/aromatic N) is 5. The lowest BCUT2D eigenvalue weighted by Crippen LogP contribution is -2.37. The second-order valence-corrected chi connectivity index (χ2v) is 8.17. The highest BCUT2D eigenvalue weighted by atomic mass is 16.2. The maximum Gasteiger partial charge on any atom is 0.332 e. The highest BCUT2D eigenvalue weighted by molar-refractivity contribution is 5.76. The third-order valence-corrected chi connectivity index (χ3v) is 6.18. The number of benzene rings is 1. The molecule has 0 saturated carbocycles. The number of rotatable bonds is 7. The van der Waals surface area contributed by atoms with Crippen LogP contribution in [-0.2, 0) is 27.1 Å².